The molecule has 34 heavy (non-hydrogen) atoms. The quantitative estimate of drug-likeness (QED) is 0.560. The van der Waals surface area contributed by atoms with Gasteiger partial charge >= 0.3 is 0 Å². The summed E-state index contributed by atoms with van der Waals surface area (Å²) in [6.45, 7) is 3.90. The van der Waals surface area contributed by atoms with Gasteiger partial charge in [0.1, 0.15) is 0 Å². The second-order valence-corrected chi connectivity index (χ2v) is 11.7. The molecule has 1 aliphatic heterocycles. The van der Waals surface area contributed by atoms with Crippen molar-refractivity contribution >= 4 is 26.8 Å². The van der Waals surface area contributed by atoms with Gasteiger partial charge in [-0.1, -0.05) is 31.2 Å². The second-order valence-electron chi connectivity index (χ2n) is 9.78. The third-order valence-electron chi connectivity index (χ3n) is 7.41. The Morgan fingerprint density at radius 2 is 1.85 bits per heavy atom. The minimum Gasteiger partial charge on any atom is -0.349 e. The Labute approximate surface area is 202 Å². The van der Waals surface area contributed by atoms with Crippen LogP contribution in [0.15, 0.2) is 59.6 Å². The highest BCUT2D eigenvalue weighted by Gasteiger charge is 2.28. The van der Waals surface area contributed by atoms with Crippen molar-refractivity contribution in [1.82, 2.24) is 14.2 Å². The summed E-state index contributed by atoms with van der Waals surface area (Å²) >= 11 is 0. The van der Waals surface area contributed by atoms with E-state index in [0.29, 0.717) is 36.9 Å². The number of aromatic nitrogens is 1. The van der Waals surface area contributed by atoms with Crippen LogP contribution >= 0.6 is 0 Å². The van der Waals surface area contributed by atoms with Gasteiger partial charge in [0.2, 0.25) is 15.9 Å². The van der Waals surface area contributed by atoms with Crippen LogP contribution < -0.4 is 5.32 Å². The summed E-state index contributed by atoms with van der Waals surface area (Å²) in [5, 5.41) is 4.10. The van der Waals surface area contributed by atoms with Gasteiger partial charge in [0, 0.05) is 43.2 Å². The zero-order valence-electron chi connectivity index (χ0n) is 19.7. The van der Waals surface area contributed by atoms with Crippen LogP contribution in [0.5, 0.6) is 0 Å². The van der Waals surface area contributed by atoms with Gasteiger partial charge < -0.3 is 9.88 Å². The van der Waals surface area contributed by atoms with Crippen LogP contribution in [0, 0.1) is 5.92 Å². The molecule has 7 heteroatoms. The molecule has 1 unspecified atom stereocenters. The van der Waals surface area contributed by atoms with E-state index in [2.05, 4.69) is 30.4 Å². The Bertz CT molecular complexity index is 1290. The number of sulfonamides is 1. The molecule has 6 nitrogen and oxygen atoms in total. The van der Waals surface area contributed by atoms with Crippen LogP contribution in [0.1, 0.15) is 56.2 Å². The fourth-order valence-corrected chi connectivity index (χ4v) is 6.81. The van der Waals surface area contributed by atoms with Crippen molar-refractivity contribution in [1.29, 1.82) is 0 Å². The first-order valence-corrected chi connectivity index (χ1v) is 13.8. The van der Waals surface area contributed by atoms with E-state index in [0.717, 1.165) is 43.0 Å². The number of rotatable bonds is 6. The summed E-state index contributed by atoms with van der Waals surface area (Å²) in [5.74, 6) is 0.620. The lowest BCUT2D eigenvalue weighted by molar-refractivity contribution is -0.122. The SMILES string of the molecule is CC1CCN(S(=O)(=O)c2ccc3c(ccn3CCC(=O)NC3CCCc4ccccc43)c2)CC1. The van der Waals surface area contributed by atoms with Crippen LogP contribution in [-0.2, 0) is 27.8 Å². The smallest absolute Gasteiger partial charge is 0.243 e. The predicted molar refractivity (Wildman–Crippen MR) is 134 cm³/mol. The van der Waals surface area contributed by atoms with E-state index in [1.165, 1.54) is 11.1 Å². The van der Waals surface area contributed by atoms with Crippen molar-refractivity contribution in [2.75, 3.05) is 13.1 Å². The number of benzene rings is 2. The molecule has 2 heterocycles. The van der Waals surface area contributed by atoms with Gasteiger partial charge in [-0.05, 0) is 73.4 Å². The van der Waals surface area contributed by atoms with Gasteiger partial charge in [-0.15, -0.1) is 0 Å². The second kappa shape index (κ2) is 9.55. The summed E-state index contributed by atoms with van der Waals surface area (Å²) in [6, 6.07) is 15.7. The number of hydrogen-bond acceptors (Lipinski definition) is 3. The zero-order valence-corrected chi connectivity index (χ0v) is 20.6. The van der Waals surface area contributed by atoms with E-state index >= 15 is 0 Å². The summed E-state index contributed by atoms with van der Waals surface area (Å²) in [7, 11) is -3.47. The van der Waals surface area contributed by atoms with Crippen LogP contribution in [0.2, 0.25) is 0 Å². The number of carbonyl (C=O) groups is 1. The third kappa shape index (κ3) is 4.64. The van der Waals surface area contributed by atoms with Gasteiger partial charge in [-0.3, -0.25) is 4.79 Å². The maximum atomic E-state index is 13.1. The molecular weight excluding hydrogens is 446 g/mol. The molecule has 1 fully saturated rings. The predicted octanol–water partition coefficient (Wildman–Crippen LogP) is 4.65. The highest BCUT2D eigenvalue weighted by molar-refractivity contribution is 7.89. The molecule has 1 saturated heterocycles. The Kier molecular flexibility index (Phi) is 6.49. The Morgan fingerprint density at radius 1 is 1.06 bits per heavy atom. The van der Waals surface area contributed by atoms with Crippen LogP contribution in [0.25, 0.3) is 10.9 Å². The Hall–Kier alpha value is -2.64. The van der Waals surface area contributed by atoms with E-state index in [9.17, 15) is 13.2 Å². The summed E-state index contributed by atoms with van der Waals surface area (Å²) in [5.41, 5.74) is 3.52. The number of amides is 1. The van der Waals surface area contributed by atoms with Crippen LogP contribution in [0.4, 0.5) is 0 Å². The Balaban J connectivity index is 1.24. The van der Waals surface area contributed by atoms with Crippen molar-refractivity contribution in [3.8, 4) is 0 Å². The largest absolute Gasteiger partial charge is 0.349 e. The molecule has 3 aromatic rings. The maximum Gasteiger partial charge on any atom is 0.243 e. The maximum absolute atomic E-state index is 13.1. The fraction of sp³-hybridized carbons (Fsp3) is 0.444. The number of nitrogens with zero attached hydrogens (tertiary/aromatic N) is 2. The Morgan fingerprint density at radius 3 is 2.68 bits per heavy atom. The molecule has 2 aromatic carbocycles. The van der Waals surface area contributed by atoms with E-state index in [1.807, 2.05) is 29.0 Å². The van der Waals surface area contributed by atoms with Crippen molar-refractivity contribution in [2.45, 2.75) is 62.9 Å². The molecule has 1 N–H and O–H groups in total. The molecule has 180 valence electrons. The minimum absolute atomic E-state index is 0.0436. The molecule has 1 aromatic heterocycles. The van der Waals surface area contributed by atoms with Gasteiger partial charge in [0.15, 0.2) is 0 Å². The molecule has 1 amide bonds. The third-order valence-corrected chi connectivity index (χ3v) is 9.30. The highest BCUT2D eigenvalue weighted by atomic mass is 32.2. The molecule has 1 atom stereocenters. The summed E-state index contributed by atoms with van der Waals surface area (Å²) in [6.07, 6.45) is 7.28. The first kappa shape index (κ1) is 23.1. The van der Waals surface area contributed by atoms with E-state index < -0.39 is 10.0 Å². The molecule has 2 aliphatic rings. The average Bonchev–Trinajstić information content (AvgIpc) is 3.25. The average molecular weight is 480 g/mol. The topological polar surface area (TPSA) is 71.4 Å². The number of piperidine rings is 1. The molecule has 0 radical (unpaired) electrons. The van der Waals surface area contributed by atoms with Crippen LogP contribution in [0.3, 0.4) is 0 Å². The fourth-order valence-electron chi connectivity index (χ4n) is 5.30. The van der Waals surface area contributed by atoms with Crippen LogP contribution in [-0.4, -0.2) is 36.3 Å². The van der Waals surface area contributed by atoms with E-state index in [4.69, 9.17) is 0 Å². The lowest BCUT2D eigenvalue weighted by Crippen LogP contribution is -2.37. The molecular formula is C27H33N3O3S. The highest BCUT2D eigenvalue weighted by Crippen LogP contribution is 2.30. The molecule has 0 bridgehead atoms. The lowest BCUT2D eigenvalue weighted by Gasteiger charge is -2.29. The van der Waals surface area contributed by atoms with Crippen molar-refractivity contribution in [3.05, 3.63) is 65.9 Å². The summed E-state index contributed by atoms with van der Waals surface area (Å²) in [4.78, 5) is 13.1. The van der Waals surface area contributed by atoms with Gasteiger partial charge in [-0.2, -0.15) is 4.31 Å². The van der Waals surface area contributed by atoms with Crippen molar-refractivity contribution in [2.24, 2.45) is 5.92 Å². The number of aryl methyl sites for hydroxylation is 2. The van der Waals surface area contributed by atoms with Gasteiger partial charge in [0.25, 0.3) is 0 Å². The number of carbonyl (C=O) groups excluding carboxylic acids is 1. The van der Waals surface area contributed by atoms with E-state index in [-0.39, 0.29) is 11.9 Å². The standard InChI is InChI=1S/C27H33N3O3S/c1-20-11-17-30(18-12-20)34(32,33)23-9-10-26-22(19-23)13-15-29(26)16-14-27(31)28-25-8-4-6-21-5-2-3-7-24(21)25/h2-3,5,7,9-10,13,15,19-20,25H,4,6,8,11-12,14,16-18H2,1H3,(H,28,31). The first-order valence-electron chi connectivity index (χ1n) is 12.4. The molecule has 5 rings (SSSR count). The lowest BCUT2D eigenvalue weighted by atomic mass is 9.88. The van der Waals surface area contributed by atoms with Crippen molar-refractivity contribution < 1.29 is 13.2 Å². The normalized spacial score (nSPS) is 19.7. The zero-order chi connectivity index (χ0) is 23.7. The molecule has 0 spiro atoms. The summed E-state index contributed by atoms with van der Waals surface area (Å²) < 4.78 is 29.8. The number of hydrogen-bond donors (Lipinski definition) is 1. The van der Waals surface area contributed by atoms with E-state index in [1.54, 1.807) is 16.4 Å². The molecule has 0 saturated carbocycles. The first-order chi connectivity index (χ1) is 16.4. The van der Waals surface area contributed by atoms with Crippen molar-refractivity contribution in [3.63, 3.8) is 0 Å². The number of fused-ring (bicyclic) bond motifs is 2. The van der Waals surface area contributed by atoms with Gasteiger partial charge in [0.05, 0.1) is 10.9 Å². The molecule has 1 aliphatic carbocycles. The monoisotopic (exact) mass is 479 g/mol. The number of nitrogens with one attached hydrogen (secondary N) is 1. The minimum atomic E-state index is -3.47. The van der Waals surface area contributed by atoms with Gasteiger partial charge in [-0.25, -0.2) is 8.42 Å².